The van der Waals surface area contributed by atoms with Gasteiger partial charge in [0, 0.05) is 32.4 Å². The van der Waals surface area contributed by atoms with Gasteiger partial charge in [-0.15, -0.1) is 0 Å². The van der Waals surface area contributed by atoms with Crippen molar-refractivity contribution in [3.05, 3.63) is 72.4 Å². The summed E-state index contributed by atoms with van der Waals surface area (Å²) in [6.45, 7) is 2.56. The number of piperazine rings is 1. The summed E-state index contributed by atoms with van der Waals surface area (Å²) in [5.41, 5.74) is 1.05. The second kappa shape index (κ2) is 11.1. The van der Waals surface area contributed by atoms with E-state index in [4.69, 9.17) is 0 Å². The Morgan fingerprint density at radius 2 is 1.67 bits per heavy atom. The van der Waals surface area contributed by atoms with Gasteiger partial charge in [-0.3, -0.25) is 9.59 Å². The molecule has 7 heteroatoms. The Hall–Kier alpha value is -3.19. The maximum Gasteiger partial charge on any atom is 0.226 e. The maximum atomic E-state index is 13.4. The molecule has 2 aliphatic rings. The van der Waals surface area contributed by atoms with E-state index in [1.165, 1.54) is 0 Å². The number of nitrogens with zero attached hydrogens (tertiary/aromatic N) is 3. The number of carbonyl (C=O) groups is 2. The van der Waals surface area contributed by atoms with Crippen molar-refractivity contribution in [2.24, 2.45) is 11.8 Å². The van der Waals surface area contributed by atoms with Crippen LogP contribution in [0.2, 0.25) is 0 Å². The molecule has 4 rings (SSSR count). The lowest BCUT2D eigenvalue weighted by atomic mass is 9.81. The highest BCUT2D eigenvalue weighted by molar-refractivity contribution is 5.88. The lowest BCUT2D eigenvalue weighted by Gasteiger charge is -2.38. The number of hydrogen-bond donors (Lipinski definition) is 2. The standard InChI is InChI=1S/C26H32N4O3/c31-19-21(18-20-8-2-1-3-9-20)28-25(32)22-10-4-5-11-23(22)26(33)30-16-14-29(15-17-30)24-12-6-7-13-27-24/h1-9,12-13,21-23,31H,10-11,14-19H2,(H,28,32)/t21-,22?,23?/m0/s1. The van der Waals surface area contributed by atoms with Gasteiger partial charge in [0.25, 0.3) is 0 Å². The number of amides is 2. The van der Waals surface area contributed by atoms with Crippen molar-refractivity contribution in [1.82, 2.24) is 15.2 Å². The van der Waals surface area contributed by atoms with Gasteiger partial charge >= 0.3 is 0 Å². The first-order valence-electron chi connectivity index (χ1n) is 11.7. The van der Waals surface area contributed by atoms with Crippen molar-refractivity contribution < 1.29 is 14.7 Å². The molecule has 0 bridgehead atoms. The summed E-state index contributed by atoms with van der Waals surface area (Å²) in [6, 6.07) is 15.3. The molecular formula is C26H32N4O3. The van der Waals surface area contributed by atoms with E-state index >= 15 is 0 Å². The molecule has 2 heterocycles. The van der Waals surface area contributed by atoms with Crippen LogP contribution in [0, 0.1) is 11.8 Å². The Morgan fingerprint density at radius 3 is 2.33 bits per heavy atom. The van der Waals surface area contributed by atoms with Gasteiger partial charge in [-0.1, -0.05) is 48.6 Å². The third-order valence-corrected chi connectivity index (χ3v) is 6.54. The van der Waals surface area contributed by atoms with Crippen LogP contribution in [0.25, 0.3) is 0 Å². The first kappa shape index (κ1) is 23.0. The van der Waals surface area contributed by atoms with Crippen molar-refractivity contribution in [3.63, 3.8) is 0 Å². The van der Waals surface area contributed by atoms with E-state index in [1.54, 1.807) is 6.20 Å². The highest BCUT2D eigenvalue weighted by Gasteiger charge is 2.37. The molecule has 1 aromatic carbocycles. The van der Waals surface area contributed by atoms with Crippen LogP contribution in [0.4, 0.5) is 5.82 Å². The monoisotopic (exact) mass is 448 g/mol. The summed E-state index contributed by atoms with van der Waals surface area (Å²) in [5.74, 6) is 0.0353. The molecule has 7 nitrogen and oxygen atoms in total. The van der Waals surface area contributed by atoms with Gasteiger partial charge in [-0.2, -0.15) is 0 Å². The summed E-state index contributed by atoms with van der Waals surface area (Å²) in [6.07, 6.45) is 7.43. The van der Waals surface area contributed by atoms with Gasteiger partial charge in [-0.05, 0) is 37.0 Å². The van der Waals surface area contributed by atoms with Crippen LogP contribution >= 0.6 is 0 Å². The van der Waals surface area contributed by atoms with Crippen LogP contribution in [0.15, 0.2) is 66.9 Å². The average Bonchev–Trinajstić information content (AvgIpc) is 2.89. The molecule has 1 fully saturated rings. The van der Waals surface area contributed by atoms with Gasteiger partial charge in [0.15, 0.2) is 0 Å². The van der Waals surface area contributed by atoms with E-state index in [9.17, 15) is 14.7 Å². The summed E-state index contributed by atoms with van der Waals surface area (Å²) < 4.78 is 0. The molecule has 0 saturated carbocycles. The normalized spacial score (nSPS) is 21.5. The van der Waals surface area contributed by atoms with E-state index in [2.05, 4.69) is 15.2 Å². The van der Waals surface area contributed by atoms with E-state index in [1.807, 2.05) is 65.6 Å². The van der Waals surface area contributed by atoms with Crippen molar-refractivity contribution in [2.75, 3.05) is 37.7 Å². The number of aliphatic hydroxyl groups excluding tert-OH is 1. The van der Waals surface area contributed by atoms with Crippen LogP contribution in [0.1, 0.15) is 18.4 Å². The van der Waals surface area contributed by atoms with Gasteiger partial charge in [0.1, 0.15) is 5.82 Å². The molecule has 2 amide bonds. The highest BCUT2D eigenvalue weighted by Crippen LogP contribution is 2.29. The topological polar surface area (TPSA) is 85.8 Å². The molecule has 1 saturated heterocycles. The number of aliphatic hydroxyl groups is 1. The number of rotatable bonds is 7. The van der Waals surface area contributed by atoms with E-state index in [0.717, 1.165) is 24.5 Å². The lowest BCUT2D eigenvalue weighted by Crippen LogP contribution is -2.53. The fourth-order valence-corrected chi connectivity index (χ4v) is 4.68. The number of aromatic nitrogens is 1. The van der Waals surface area contributed by atoms with Crippen molar-refractivity contribution in [2.45, 2.75) is 25.3 Å². The van der Waals surface area contributed by atoms with Crippen LogP contribution in [-0.4, -0.2) is 65.6 Å². The Morgan fingerprint density at radius 1 is 0.970 bits per heavy atom. The van der Waals surface area contributed by atoms with E-state index in [0.29, 0.717) is 32.4 Å². The van der Waals surface area contributed by atoms with E-state index in [-0.39, 0.29) is 30.4 Å². The molecule has 0 spiro atoms. The molecule has 0 radical (unpaired) electrons. The number of allylic oxidation sites excluding steroid dienone is 2. The second-order valence-corrected chi connectivity index (χ2v) is 8.73. The summed E-state index contributed by atoms with van der Waals surface area (Å²) in [7, 11) is 0. The largest absolute Gasteiger partial charge is 0.394 e. The average molecular weight is 449 g/mol. The third kappa shape index (κ3) is 5.79. The number of nitrogens with one attached hydrogen (secondary N) is 1. The Labute approximate surface area is 195 Å². The third-order valence-electron chi connectivity index (χ3n) is 6.54. The maximum absolute atomic E-state index is 13.4. The van der Waals surface area contributed by atoms with E-state index < -0.39 is 5.92 Å². The van der Waals surface area contributed by atoms with Gasteiger partial charge in [-0.25, -0.2) is 4.98 Å². The molecule has 174 valence electrons. The predicted octanol–water partition coefficient (Wildman–Crippen LogP) is 2.03. The number of benzene rings is 1. The number of pyridine rings is 1. The fraction of sp³-hybridized carbons (Fsp3) is 0.423. The molecule has 1 aromatic heterocycles. The lowest BCUT2D eigenvalue weighted by molar-refractivity contribution is -0.142. The fourth-order valence-electron chi connectivity index (χ4n) is 4.68. The first-order chi connectivity index (χ1) is 16.2. The number of hydrogen-bond acceptors (Lipinski definition) is 5. The molecule has 3 atom stereocenters. The van der Waals surface area contributed by atoms with Crippen LogP contribution in [-0.2, 0) is 16.0 Å². The minimum atomic E-state index is -0.416. The zero-order valence-corrected chi connectivity index (χ0v) is 18.8. The predicted molar refractivity (Wildman–Crippen MR) is 128 cm³/mol. The van der Waals surface area contributed by atoms with Gasteiger partial charge in [0.05, 0.1) is 24.5 Å². The van der Waals surface area contributed by atoms with Crippen molar-refractivity contribution in [3.8, 4) is 0 Å². The van der Waals surface area contributed by atoms with Crippen molar-refractivity contribution in [1.29, 1.82) is 0 Å². The van der Waals surface area contributed by atoms with Gasteiger partial charge < -0.3 is 20.2 Å². The van der Waals surface area contributed by atoms with Crippen LogP contribution in [0.5, 0.6) is 0 Å². The summed E-state index contributed by atoms with van der Waals surface area (Å²) in [5, 5.41) is 12.8. The summed E-state index contributed by atoms with van der Waals surface area (Å²) >= 11 is 0. The smallest absolute Gasteiger partial charge is 0.226 e. The second-order valence-electron chi connectivity index (χ2n) is 8.73. The SMILES string of the molecule is O=C(N[C@H](CO)Cc1ccccc1)C1CC=CCC1C(=O)N1CCN(c2ccccn2)CC1. The van der Waals surface area contributed by atoms with Crippen molar-refractivity contribution >= 4 is 17.6 Å². The zero-order chi connectivity index (χ0) is 23.0. The molecular weight excluding hydrogens is 416 g/mol. The molecule has 1 aliphatic heterocycles. The zero-order valence-electron chi connectivity index (χ0n) is 18.8. The molecule has 2 N–H and O–H groups in total. The Balaban J connectivity index is 1.36. The molecule has 1 aliphatic carbocycles. The van der Waals surface area contributed by atoms with Crippen LogP contribution in [0.3, 0.4) is 0 Å². The number of carbonyl (C=O) groups excluding carboxylic acids is 2. The van der Waals surface area contributed by atoms with Crippen LogP contribution < -0.4 is 10.2 Å². The number of anilines is 1. The Kier molecular flexibility index (Phi) is 7.73. The first-order valence-corrected chi connectivity index (χ1v) is 11.7. The summed E-state index contributed by atoms with van der Waals surface area (Å²) in [4.78, 5) is 35.0. The molecule has 2 unspecified atom stereocenters. The quantitative estimate of drug-likeness (QED) is 0.633. The minimum Gasteiger partial charge on any atom is -0.394 e. The minimum absolute atomic E-state index is 0.0452. The highest BCUT2D eigenvalue weighted by atomic mass is 16.3. The molecule has 2 aromatic rings. The Bertz CT molecular complexity index is 943. The van der Waals surface area contributed by atoms with Gasteiger partial charge in [0.2, 0.25) is 11.8 Å². The molecule has 33 heavy (non-hydrogen) atoms.